The van der Waals surface area contributed by atoms with Crippen LogP contribution in [0.5, 0.6) is 0 Å². The molecule has 4 aliphatic rings. The summed E-state index contributed by atoms with van der Waals surface area (Å²) in [6.45, 7) is 0.481. The maximum absolute atomic E-state index is 13.2. The van der Waals surface area contributed by atoms with Crippen molar-refractivity contribution in [1.29, 1.82) is 0 Å². The normalized spacial score (nSPS) is 32.1. The van der Waals surface area contributed by atoms with Crippen molar-refractivity contribution in [3.05, 3.63) is 0 Å². The fourth-order valence-corrected chi connectivity index (χ4v) is 3.49. The third-order valence-electron chi connectivity index (χ3n) is 4.76. The van der Waals surface area contributed by atoms with Crippen LogP contribution in [-0.2, 0) is 4.79 Å². The highest BCUT2D eigenvalue weighted by molar-refractivity contribution is 5.78. The molecule has 0 unspecified atom stereocenters. The third kappa shape index (κ3) is 2.00. The predicted molar refractivity (Wildman–Crippen MR) is 68.1 cm³/mol. The Morgan fingerprint density at radius 2 is 2.10 bits per heavy atom. The van der Waals surface area contributed by atoms with Gasteiger partial charge in [-0.3, -0.25) is 4.79 Å². The fourth-order valence-electron chi connectivity index (χ4n) is 3.49. The number of hydrogen-bond acceptors (Lipinski definition) is 3. The first kappa shape index (κ1) is 13.5. The summed E-state index contributed by atoms with van der Waals surface area (Å²) in [7, 11) is 0. The number of terminal acetylenes is 1. The molecule has 0 aromatic rings. The minimum absolute atomic E-state index is 0.192. The monoisotopic (exact) mass is 281 g/mol. The first-order valence-electron chi connectivity index (χ1n) is 6.97. The zero-order valence-electron chi connectivity index (χ0n) is 11.2. The molecule has 1 amide bonds. The predicted octanol–water partition coefficient (Wildman–Crippen LogP) is 2.60. The Kier molecular flexibility index (Phi) is 3.03. The minimum Gasteiger partial charge on any atom is -0.331 e. The SMILES string of the molecule is C#CCCC1(CCC(=O)N2CC3CC2(C(F)F)C3)N=N1. The minimum atomic E-state index is -2.45. The van der Waals surface area contributed by atoms with Crippen molar-refractivity contribution in [2.24, 2.45) is 16.1 Å². The fraction of sp³-hybridized carbons (Fsp3) is 0.786. The van der Waals surface area contributed by atoms with Crippen LogP contribution in [0.25, 0.3) is 0 Å². The molecule has 0 spiro atoms. The summed E-state index contributed by atoms with van der Waals surface area (Å²) in [4.78, 5) is 13.6. The van der Waals surface area contributed by atoms with E-state index >= 15 is 0 Å². The van der Waals surface area contributed by atoms with Crippen molar-refractivity contribution < 1.29 is 13.6 Å². The topological polar surface area (TPSA) is 45.0 Å². The van der Waals surface area contributed by atoms with Gasteiger partial charge >= 0.3 is 0 Å². The summed E-state index contributed by atoms with van der Waals surface area (Å²) in [5.41, 5.74) is -1.69. The molecule has 6 heteroatoms. The second-order valence-electron chi connectivity index (χ2n) is 6.07. The van der Waals surface area contributed by atoms with Crippen molar-refractivity contribution in [1.82, 2.24) is 4.90 Å². The highest BCUT2D eigenvalue weighted by atomic mass is 19.3. The molecule has 3 heterocycles. The van der Waals surface area contributed by atoms with Gasteiger partial charge in [0.05, 0.1) is 0 Å². The van der Waals surface area contributed by atoms with Crippen molar-refractivity contribution in [3.8, 4) is 12.3 Å². The molecule has 1 saturated carbocycles. The Morgan fingerprint density at radius 1 is 1.40 bits per heavy atom. The molecule has 0 aromatic carbocycles. The number of rotatable bonds is 6. The standard InChI is InChI=1S/C14H17F2N3O/c1-2-3-5-14(17-18-14)6-4-11(20)19-9-10-7-13(19,8-10)12(15)16/h1,10,12H,3-9H2. The number of amides is 1. The number of alkyl halides is 2. The van der Waals surface area contributed by atoms with E-state index in [9.17, 15) is 13.6 Å². The Labute approximate surface area is 116 Å². The molecule has 108 valence electrons. The summed E-state index contributed by atoms with van der Waals surface area (Å²) in [6.07, 6.45) is 5.56. The van der Waals surface area contributed by atoms with Crippen LogP contribution in [0, 0.1) is 18.3 Å². The van der Waals surface area contributed by atoms with Gasteiger partial charge in [0, 0.05) is 32.2 Å². The Morgan fingerprint density at radius 3 is 2.65 bits per heavy atom. The van der Waals surface area contributed by atoms with E-state index in [0.29, 0.717) is 38.6 Å². The van der Waals surface area contributed by atoms with Crippen LogP contribution in [0.3, 0.4) is 0 Å². The molecule has 4 rings (SSSR count). The average Bonchev–Trinajstić information content (AvgIpc) is 2.89. The Bertz CT molecular complexity index is 485. The molecule has 3 fully saturated rings. The van der Waals surface area contributed by atoms with E-state index in [1.807, 2.05) is 0 Å². The zero-order chi connectivity index (χ0) is 14.4. The van der Waals surface area contributed by atoms with Crippen LogP contribution in [0.15, 0.2) is 10.2 Å². The maximum atomic E-state index is 13.2. The lowest BCUT2D eigenvalue weighted by Gasteiger charge is -2.41. The maximum Gasteiger partial charge on any atom is 0.261 e. The number of nitrogens with zero attached hydrogens (tertiary/aromatic N) is 3. The molecule has 2 saturated heterocycles. The molecular formula is C14H17F2N3O. The van der Waals surface area contributed by atoms with Crippen molar-refractivity contribution in [3.63, 3.8) is 0 Å². The van der Waals surface area contributed by atoms with Crippen LogP contribution >= 0.6 is 0 Å². The molecule has 0 radical (unpaired) electrons. The summed E-state index contributed by atoms with van der Waals surface area (Å²) >= 11 is 0. The highest BCUT2D eigenvalue weighted by Gasteiger charge is 2.62. The molecular weight excluding hydrogens is 264 g/mol. The van der Waals surface area contributed by atoms with Gasteiger partial charge in [0.25, 0.3) is 6.43 Å². The molecule has 1 aliphatic carbocycles. The van der Waals surface area contributed by atoms with E-state index in [1.165, 1.54) is 4.90 Å². The third-order valence-corrected chi connectivity index (χ3v) is 4.76. The van der Waals surface area contributed by atoms with E-state index in [-0.39, 0.29) is 18.2 Å². The van der Waals surface area contributed by atoms with Crippen LogP contribution < -0.4 is 0 Å². The van der Waals surface area contributed by atoms with Gasteiger partial charge in [0.2, 0.25) is 5.91 Å². The van der Waals surface area contributed by atoms with Crippen molar-refractivity contribution >= 4 is 5.91 Å². The van der Waals surface area contributed by atoms with E-state index in [1.54, 1.807) is 0 Å². The van der Waals surface area contributed by atoms with Gasteiger partial charge in [-0.25, -0.2) is 8.78 Å². The van der Waals surface area contributed by atoms with Gasteiger partial charge < -0.3 is 4.90 Å². The smallest absolute Gasteiger partial charge is 0.261 e. The summed E-state index contributed by atoms with van der Waals surface area (Å²) in [5.74, 6) is 2.60. The number of carbonyl (C=O) groups excluding carboxylic acids is 1. The van der Waals surface area contributed by atoms with E-state index in [0.717, 1.165) is 0 Å². The van der Waals surface area contributed by atoms with E-state index < -0.39 is 17.6 Å². The lowest BCUT2D eigenvalue weighted by Crippen LogP contribution is -2.54. The zero-order valence-corrected chi connectivity index (χ0v) is 11.2. The molecule has 3 aliphatic heterocycles. The molecule has 0 aromatic heterocycles. The Balaban J connectivity index is 1.54. The van der Waals surface area contributed by atoms with Gasteiger partial charge in [0.15, 0.2) is 5.66 Å². The van der Waals surface area contributed by atoms with Gasteiger partial charge in [0.1, 0.15) is 5.54 Å². The largest absolute Gasteiger partial charge is 0.331 e. The first-order valence-corrected chi connectivity index (χ1v) is 6.97. The molecule has 4 nitrogen and oxygen atoms in total. The summed E-state index contributed by atoms with van der Waals surface area (Å²) in [6, 6.07) is 0. The number of carbonyl (C=O) groups is 1. The second kappa shape index (κ2) is 4.51. The summed E-state index contributed by atoms with van der Waals surface area (Å²) in [5, 5.41) is 7.92. The lowest BCUT2D eigenvalue weighted by molar-refractivity contribution is -0.143. The van der Waals surface area contributed by atoms with Crippen LogP contribution in [0.1, 0.15) is 38.5 Å². The summed E-state index contributed by atoms with van der Waals surface area (Å²) < 4.78 is 26.3. The van der Waals surface area contributed by atoms with E-state index in [4.69, 9.17) is 6.42 Å². The van der Waals surface area contributed by atoms with Crippen LogP contribution in [-0.4, -0.2) is 35.0 Å². The molecule has 20 heavy (non-hydrogen) atoms. The first-order chi connectivity index (χ1) is 9.51. The number of halogens is 2. The molecule has 2 bridgehead atoms. The van der Waals surface area contributed by atoms with Gasteiger partial charge in [-0.1, -0.05) is 0 Å². The number of fused-ring (bicyclic) bond motifs is 1. The Hall–Kier alpha value is -1.51. The van der Waals surface area contributed by atoms with Crippen LogP contribution in [0.4, 0.5) is 8.78 Å². The van der Waals surface area contributed by atoms with Gasteiger partial charge in [-0.05, 0) is 18.8 Å². The average molecular weight is 281 g/mol. The second-order valence-corrected chi connectivity index (χ2v) is 6.07. The quantitative estimate of drug-likeness (QED) is 0.690. The van der Waals surface area contributed by atoms with Crippen LogP contribution in [0.2, 0.25) is 0 Å². The van der Waals surface area contributed by atoms with Gasteiger partial charge in [-0.2, -0.15) is 10.2 Å². The molecule has 0 N–H and O–H groups in total. The molecule has 0 atom stereocenters. The van der Waals surface area contributed by atoms with E-state index in [2.05, 4.69) is 16.1 Å². The van der Waals surface area contributed by atoms with Crippen molar-refractivity contribution in [2.75, 3.05) is 6.54 Å². The number of hydrogen-bond donors (Lipinski definition) is 0. The van der Waals surface area contributed by atoms with Gasteiger partial charge in [-0.15, -0.1) is 12.3 Å². The van der Waals surface area contributed by atoms with Crippen molar-refractivity contribution in [2.45, 2.75) is 56.2 Å². The lowest BCUT2D eigenvalue weighted by atomic mass is 9.73. The highest BCUT2D eigenvalue weighted by Crippen LogP contribution is 2.54.